The summed E-state index contributed by atoms with van der Waals surface area (Å²) in [5, 5.41) is -1.07. The van der Waals surface area contributed by atoms with Crippen molar-refractivity contribution in [1.29, 1.82) is 0 Å². The van der Waals surface area contributed by atoms with Gasteiger partial charge in [0.15, 0.2) is 0 Å². The van der Waals surface area contributed by atoms with Gasteiger partial charge in [-0.15, -0.1) is 11.8 Å². The number of nitrogens with two attached hydrogens (primary N) is 1. The number of hydrogen-bond acceptors (Lipinski definition) is 2. The molecule has 1 aliphatic carbocycles. The molecule has 1 saturated carbocycles. The number of halogens is 3. The summed E-state index contributed by atoms with van der Waals surface area (Å²) in [5.74, 6) is 0. The zero-order chi connectivity index (χ0) is 11.3. The molecule has 2 N–H and O–H groups in total. The lowest BCUT2D eigenvalue weighted by Crippen LogP contribution is -2.30. The first-order chi connectivity index (χ1) is 7.04. The minimum atomic E-state index is -4.10. The van der Waals surface area contributed by atoms with Gasteiger partial charge in [0.2, 0.25) is 0 Å². The Bertz CT molecular complexity index is 178. The molecule has 1 rings (SSSR count). The van der Waals surface area contributed by atoms with Gasteiger partial charge >= 0.3 is 6.18 Å². The zero-order valence-corrected chi connectivity index (χ0v) is 9.54. The molecular formula is C10H18F3NS. The van der Waals surface area contributed by atoms with E-state index in [0.717, 1.165) is 37.4 Å². The maximum atomic E-state index is 12.6. The molecule has 0 spiro atoms. The molecule has 0 aromatic carbocycles. The first kappa shape index (κ1) is 13.2. The first-order valence-electron chi connectivity index (χ1n) is 5.46. The monoisotopic (exact) mass is 241 g/mol. The van der Waals surface area contributed by atoms with Crippen molar-refractivity contribution in [3.05, 3.63) is 0 Å². The SMILES string of the molecule is NCCC(SC1CCCCC1)C(F)(F)F. The molecule has 0 aliphatic heterocycles. The highest BCUT2D eigenvalue weighted by molar-refractivity contribution is 8.00. The third-order valence-electron chi connectivity index (χ3n) is 2.70. The lowest BCUT2D eigenvalue weighted by Gasteiger charge is -2.27. The van der Waals surface area contributed by atoms with Crippen molar-refractivity contribution in [3.63, 3.8) is 0 Å². The van der Waals surface area contributed by atoms with Gasteiger partial charge in [-0.25, -0.2) is 0 Å². The van der Waals surface area contributed by atoms with Crippen molar-refractivity contribution in [2.45, 2.75) is 55.2 Å². The largest absolute Gasteiger partial charge is 0.400 e. The van der Waals surface area contributed by atoms with Crippen LogP contribution in [0.15, 0.2) is 0 Å². The molecule has 1 aliphatic rings. The molecule has 0 bridgehead atoms. The Labute approximate surface area is 93.0 Å². The van der Waals surface area contributed by atoms with Crippen molar-refractivity contribution in [1.82, 2.24) is 0 Å². The van der Waals surface area contributed by atoms with Crippen molar-refractivity contribution in [3.8, 4) is 0 Å². The second kappa shape index (κ2) is 5.99. The zero-order valence-electron chi connectivity index (χ0n) is 8.72. The second-order valence-corrected chi connectivity index (χ2v) is 5.51. The summed E-state index contributed by atoms with van der Waals surface area (Å²) < 4.78 is 37.8. The second-order valence-electron chi connectivity index (χ2n) is 4.00. The minimum absolute atomic E-state index is 0.0463. The summed E-state index contributed by atoms with van der Waals surface area (Å²) in [4.78, 5) is 0. The van der Waals surface area contributed by atoms with E-state index in [1.165, 1.54) is 6.42 Å². The normalized spacial score (nSPS) is 21.6. The summed E-state index contributed by atoms with van der Waals surface area (Å²) in [6, 6.07) is 0. The van der Waals surface area contributed by atoms with Gasteiger partial charge < -0.3 is 5.73 Å². The Morgan fingerprint density at radius 1 is 1.20 bits per heavy atom. The van der Waals surface area contributed by atoms with Crippen LogP contribution in [0, 0.1) is 0 Å². The van der Waals surface area contributed by atoms with Gasteiger partial charge in [0.05, 0.1) is 0 Å². The Morgan fingerprint density at radius 3 is 2.27 bits per heavy atom. The highest BCUT2D eigenvalue weighted by atomic mass is 32.2. The fraction of sp³-hybridized carbons (Fsp3) is 1.00. The molecule has 5 heteroatoms. The van der Waals surface area contributed by atoms with Crippen LogP contribution in [0.4, 0.5) is 13.2 Å². The molecule has 1 unspecified atom stereocenters. The van der Waals surface area contributed by atoms with Crippen LogP contribution in [-0.4, -0.2) is 23.2 Å². The third-order valence-corrected chi connectivity index (χ3v) is 4.39. The fourth-order valence-corrected chi connectivity index (χ4v) is 3.39. The molecular weight excluding hydrogens is 223 g/mol. The number of alkyl halides is 3. The molecule has 15 heavy (non-hydrogen) atoms. The van der Waals surface area contributed by atoms with Crippen LogP contribution in [0.25, 0.3) is 0 Å². The van der Waals surface area contributed by atoms with Crippen LogP contribution in [0.5, 0.6) is 0 Å². The van der Waals surface area contributed by atoms with Crippen molar-refractivity contribution in [2.24, 2.45) is 5.73 Å². The van der Waals surface area contributed by atoms with Crippen molar-refractivity contribution >= 4 is 11.8 Å². The topological polar surface area (TPSA) is 26.0 Å². The minimum Gasteiger partial charge on any atom is -0.330 e. The Morgan fingerprint density at radius 2 is 1.80 bits per heavy atom. The maximum Gasteiger partial charge on any atom is 0.400 e. The van der Waals surface area contributed by atoms with Crippen LogP contribution in [0.3, 0.4) is 0 Å². The maximum absolute atomic E-state index is 12.6. The van der Waals surface area contributed by atoms with E-state index in [1.54, 1.807) is 0 Å². The molecule has 1 fully saturated rings. The molecule has 0 heterocycles. The molecule has 0 amide bonds. The molecule has 0 saturated heterocycles. The Hall–Kier alpha value is 0.100. The highest BCUT2D eigenvalue weighted by Crippen LogP contribution is 2.39. The van der Waals surface area contributed by atoms with Gasteiger partial charge in [-0.2, -0.15) is 13.2 Å². The van der Waals surface area contributed by atoms with Gasteiger partial charge in [0.1, 0.15) is 5.25 Å². The number of rotatable bonds is 4. The average molecular weight is 241 g/mol. The van der Waals surface area contributed by atoms with E-state index in [9.17, 15) is 13.2 Å². The summed E-state index contributed by atoms with van der Waals surface area (Å²) in [7, 11) is 0. The third kappa shape index (κ3) is 4.64. The summed E-state index contributed by atoms with van der Waals surface area (Å²) in [6.45, 7) is 0.115. The lowest BCUT2D eigenvalue weighted by atomic mass is 10.0. The quantitative estimate of drug-likeness (QED) is 0.817. The molecule has 90 valence electrons. The van der Waals surface area contributed by atoms with E-state index >= 15 is 0 Å². The number of thioether (sulfide) groups is 1. The van der Waals surface area contributed by atoms with E-state index < -0.39 is 11.4 Å². The van der Waals surface area contributed by atoms with E-state index in [-0.39, 0.29) is 18.2 Å². The Balaban J connectivity index is 2.42. The van der Waals surface area contributed by atoms with E-state index in [0.29, 0.717) is 0 Å². The average Bonchev–Trinajstić information content (AvgIpc) is 2.17. The summed E-state index contributed by atoms with van der Waals surface area (Å²) >= 11 is 1.09. The predicted molar refractivity (Wildman–Crippen MR) is 58.0 cm³/mol. The smallest absolute Gasteiger partial charge is 0.330 e. The van der Waals surface area contributed by atoms with E-state index in [2.05, 4.69) is 0 Å². The molecule has 0 aromatic heterocycles. The first-order valence-corrected chi connectivity index (χ1v) is 6.40. The fourth-order valence-electron chi connectivity index (χ4n) is 1.89. The van der Waals surface area contributed by atoms with Gasteiger partial charge in [-0.3, -0.25) is 0 Å². The van der Waals surface area contributed by atoms with E-state index in [4.69, 9.17) is 5.73 Å². The van der Waals surface area contributed by atoms with Crippen molar-refractivity contribution < 1.29 is 13.2 Å². The number of hydrogen-bond donors (Lipinski definition) is 1. The van der Waals surface area contributed by atoms with Gasteiger partial charge in [0, 0.05) is 5.25 Å². The van der Waals surface area contributed by atoms with Crippen LogP contribution >= 0.6 is 11.8 Å². The molecule has 0 aromatic rings. The van der Waals surface area contributed by atoms with Gasteiger partial charge in [-0.05, 0) is 25.8 Å². The standard InChI is InChI=1S/C10H18F3NS/c11-10(12,13)9(6-7-14)15-8-4-2-1-3-5-8/h8-9H,1-7,14H2. The Kier molecular flexibility index (Phi) is 5.26. The van der Waals surface area contributed by atoms with Gasteiger partial charge in [-0.1, -0.05) is 19.3 Å². The molecule has 0 radical (unpaired) electrons. The summed E-state index contributed by atoms with van der Waals surface area (Å²) in [6.07, 6.45) is 1.14. The summed E-state index contributed by atoms with van der Waals surface area (Å²) in [5.41, 5.74) is 5.22. The van der Waals surface area contributed by atoms with Crippen LogP contribution in [0.2, 0.25) is 0 Å². The van der Waals surface area contributed by atoms with Crippen LogP contribution in [0.1, 0.15) is 38.5 Å². The molecule has 1 atom stereocenters. The highest BCUT2D eigenvalue weighted by Gasteiger charge is 2.40. The molecule has 1 nitrogen and oxygen atoms in total. The van der Waals surface area contributed by atoms with Gasteiger partial charge in [0.25, 0.3) is 0 Å². The van der Waals surface area contributed by atoms with E-state index in [1.807, 2.05) is 0 Å². The predicted octanol–water partition coefficient (Wildman–Crippen LogP) is 3.33. The van der Waals surface area contributed by atoms with Crippen LogP contribution < -0.4 is 5.73 Å². The lowest BCUT2D eigenvalue weighted by molar-refractivity contribution is -0.129. The van der Waals surface area contributed by atoms with Crippen molar-refractivity contribution in [2.75, 3.05) is 6.54 Å². The van der Waals surface area contributed by atoms with Crippen LogP contribution in [-0.2, 0) is 0 Å².